The van der Waals surface area contributed by atoms with Crippen molar-refractivity contribution in [1.82, 2.24) is 0 Å². The minimum atomic E-state index is -2.02. The molecule has 1 fully saturated rings. The number of Topliss-reactive ketones (excluding diaryl/α,β-unsaturated/α-hetero) is 1. The van der Waals surface area contributed by atoms with E-state index in [1.165, 1.54) is 6.92 Å². The molecule has 1 heterocycles. The first-order chi connectivity index (χ1) is 10.1. The normalized spacial score (nSPS) is 28.0. The van der Waals surface area contributed by atoms with E-state index >= 15 is 0 Å². The summed E-state index contributed by atoms with van der Waals surface area (Å²) in [7, 11) is 0. The van der Waals surface area contributed by atoms with E-state index in [9.17, 15) is 14.7 Å². The van der Waals surface area contributed by atoms with Crippen LogP contribution < -0.4 is 0 Å². The third kappa shape index (κ3) is 7.13. The van der Waals surface area contributed by atoms with E-state index in [-0.39, 0.29) is 31.7 Å². The summed E-state index contributed by atoms with van der Waals surface area (Å²) >= 11 is 16.4. The minimum absolute atomic E-state index is 0.0428. The van der Waals surface area contributed by atoms with Crippen LogP contribution >= 0.6 is 34.8 Å². The molecule has 4 atom stereocenters. The number of rotatable bonds is 7. The van der Waals surface area contributed by atoms with Gasteiger partial charge in [0, 0.05) is 12.8 Å². The Labute approximate surface area is 139 Å². The van der Waals surface area contributed by atoms with Crippen LogP contribution in [0.1, 0.15) is 27.6 Å². The van der Waals surface area contributed by atoms with Crippen molar-refractivity contribution in [1.29, 1.82) is 0 Å². The number of carbonyl (C=O) groups is 2. The third-order valence-corrected chi connectivity index (χ3v) is 3.24. The van der Waals surface area contributed by atoms with Crippen LogP contribution in [0.2, 0.25) is 0 Å². The van der Waals surface area contributed by atoms with Crippen LogP contribution in [0.5, 0.6) is 0 Å². The van der Waals surface area contributed by atoms with Gasteiger partial charge in [-0.05, 0) is 6.92 Å². The Bertz CT molecular complexity index is 403. The Hall–Kier alpha value is -0.110. The van der Waals surface area contributed by atoms with E-state index in [0.29, 0.717) is 0 Å². The molecule has 0 aromatic heterocycles. The summed E-state index contributed by atoms with van der Waals surface area (Å²) < 4.78 is 20.9. The number of aliphatic hydroxyl groups is 1. The van der Waals surface area contributed by atoms with Crippen molar-refractivity contribution in [2.24, 2.45) is 0 Å². The van der Waals surface area contributed by atoms with E-state index in [4.69, 9.17) is 50.4 Å². The van der Waals surface area contributed by atoms with Gasteiger partial charge >= 0.3 is 5.97 Å². The van der Waals surface area contributed by atoms with E-state index < -0.39 is 34.8 Å². The molecular weight excluding hydrogens is 346 g/mol. The molecule has 1 N–H and O–H groups in total. The zero-order valence-corrected chi connectivity index (χ0v) is 13.5. The van der Waals surface area contributed by atoms with Gasteiger partial charge in [0.05, 0.1) is 21.0 Å². The minimum Gasteiger partial charge on any atom is -0.459 e. The fourth-order valence-electron chi connectivity index (χ4n) is 1.57. The largest absolute Gasteiger partial charge is 0.459 e. The average Bonchev–Trinajstić information content (AvgIpc) is 2.72. The Balaban J connectivity index is 2.47. The highest BCUT2D eigenvalue weighted by Crippen LogP contribution is 2.31. The molecule has 6 nitrogen and oxygen atoms in total. The first kappa shape index (κ1) is 17.2. The maximum atomic E-state index is 11.6. The molecule has 0 radical (unpaired) electrons. The smallest absolute Gasteiger partial charge is 0.306 e. The number of ketones is 1. The lowest BCUT2D eigenvalue weighted by Gasteiger charge is -2.23. The second kappa shape index (κ2) is 8.50. The van der Waals surface area contributed by atoms with Crippen molar-refractivity contribution in [2.75, 3.05) is 13.2 Å². The second-order valence-corrected chi connectivity index (χ2v) is 6.90. The number of aliphatic hydroxyl groups excluding tert-OH is 1. The predicted molar refractivity (Wildman–Crippen MR) is 76.4 cm³/mol. The van der Waals surface area contributed by atoms with Gasteiger partial charge in [0.25, 0.3) is 0 Å². The van der Waals surface area contributed by atoms with Crippen molar-refractivity contribution < 1.29 is 30.3 Å². The first-order valence-corrected chi connectivity index (χ1v) is 7.36. The highest BCUT2D eigenvalue weighted by atomic mass is 35.6. The van der Waals surface area contributed by atoms with Gasteiger partial charge in [-0.3, -0.25) is 4.79 Å². The highest BCUT2D eigenvalue weighted by molar-refractivity contribution is 6.67. The summed E-state index contributed by atoms with van der Waals surface area (Å²) in [6.07, 6.45) is -2.96. The summed E-state index contributed by atoms with van der Waals surface area (Å²) in [5.41, 5.74) is 0. The zero-order valence-electron chi connectivity index (χ0n) is 12.3. The van der Waals surface area contributed by atoms with E-state index in [2.05, 4.69) is 0 Å². The predicted octanol–water partition coefficient (Wildman–Crippen LogP) is 1.76. The molecule has 0 aliphatic carbocycles. The molecule has 1 rings (SSSR count). The summed E-state index contributed by atoms with van der Waals surface area (Å²) in [5, 5.41) is 9.46. The van der Waals surface area contributed by atoms with Gasteiger partial charge in [0.15, 0.2) is 0 Å². The topological polar surface area (TPSA) is 82.1 Å². The van der Waals surface area contributed by atoms with Gasteiger partial charge in [0.1, 0.15) is 18.0 Å². The van der Waals surface area contributed by atoms with Gasteiger partial charge in [-0.2, -0.15) is 0 Å². The quantitative estimate of drug-likeness (QED) is 0.420. The molecule has 3 unspecified atom stereocenters. The lowest BCUT2D eigenvalue weighted by molar-refractivity contribution is -0.160. The molecule has 0 aromatic carbocycles. The van der Waals surface area contributed by atoms with Crippen molar-refractivity contribution in [3.05, 3.63) is 0 Å². The van der Waals surface area contributed by atoms with E-state index in [1.54, 1.807) is 0 Å². The Morgan fingerprint density at radius 2 is 2.14 bits per heavy atom. The van der Waals surface area contributed by atoms with Crippen molar-refractivity contribution >= 4 is 46.6 Å². The lowest BCUT2D eigenvalue weighted by Crippen LogP contribution is -2.36. The summed E-state index contributed by atoms with van der Waals surface area (Å²) in [4.78, 5) is 22.4. The molecule has 0 bridgehead atoms. The van der Waals surface area contributed by atoms with Gasteiger partial charge in [-0.25, -0.2) is 0 Å². The Morgan fingerprint density at radius 3 is 2.71 bits per heavy atom. The van der Waals surface area contributed by atoms with Crippen LogP contribution in [-0.2, 0) is 23.8 Å². The average molecular weight is 366 g/mol. The number of hydrogen-bond acceptors (Lipinski definition) is 6. The SMILES string of the molecule is [3H]C1CC(OC(=O)CCC(C)=O)[C@@H](COC(O)C(Cl)(Cl)Cl)O1. The van der Waals surface area contributed by atoms with Gasteiger partial charge < -0.3 is 24.1 Å². The molecule has 122 valence electrons. The maximum absolute atomic E-state index is 11.6. The second-order valence-electron chi connectivity index (χ2n) is 4.53. The molecule has 1 saturated heterocycles. The van der Waals surface area contributed by atoms with Crippen molar-refractivity contribution in [2.45, 2.75) is 48.5 Å². The fourth-order valence-corrected chi connectivity index (χ4v) is 1.76. The Kier molecular flexibility index (Phi) is 6.98. The number of carbonyl (C=O) groups excluding carboxylic acids is 2. The molecule has 9 heteroatoms. The molecule has 21 heavy (non-hydrogen) atoms. The van der Waals surface area contributed by atoms with E-state index in [0.717, 1.165) is 0 Å². The van der Waals surface area contributed by atoms with Crippen LogP contribution in [-0.4, -0.2) is 52.3 Å². The number of ether oxygens (including phenoxy) is 3. The fraction of sp³-hybridized carbons (Fsp3) is 0.833. The van der Waals surface area contributed by atoms with Crippen LogP contribution in [0.4, 0.5) is 0 Å². The summed E-state index contributed by atoms with van der Waals surface area (Å²) in [5.74, 6) is -0.687. The number of esters is 1. The summed E-state index contributed by atoms with van der Waals surface area (Å²) in [6, 6.07) is 0. The van der Waals surface area contributed by atoms with Crippen LogP contribution in [0.15, 0.2) is 0 Å². The maximum Gasteiger partial charge on any atom is 0.306 e. The molecule has 1 aliphatic rings. The molecule has 0 aromatic rings. The molecule has 0 amide bonds. The third-order valence-electron chi connectivity index (χ3n) is 2.68. The molecule has 0 spiro atoms. The first-order valence-electron chi connectivity index (χ1n) is 6.80. The van der Waals surface area contributed by atoms with Gasteiger partial charge in [-0.15, -0.1) is 0 Å². The molecular formula is C12H17Cl3O6. The number of hydrogen-bond donors (Lipinski definition) is 1. The van der Waals surface area contributed by atoms with Crippen LogP contribution in [0, 0.1) is 0 Å². The highest BCUT2D eigenvalue weighted by Gasteiger charge is 2.36. The van der Waals surface area contributed by atoms with E-state index in [1.807, 2.05) is 0 Å². The monoisotopic (exact) mass is 364 g/mol. The van der Waals surface area contributed by atoms with Gasteiger partial charge in [-0.1, -0.05) is 34.8 Å². The number of alkyl halides is 3. The van der Waals surface area contributed by atoms with Gasteiger partial charge in [0.2, 0.25) is 10.1 Å². The Morgan fingerprint density at radius 1 is 1.48 bits per heavy atom. The zero-order chi connectivity index (χ0) is 16.9. The van der Waals surface area contributed by atoms with Crippen LogP contribution in [0.25, 0.3) is 0 Å². The molecule has 1 aliphatic heterocycles. The summed E-state index contributed by atoms with van der Waals surface area (Å²) in [6.45, 7) is 0.277. The molecule has 0 saturated carbocycles. The van der Waals surface area contributed by atoms with Crippen molar-refractivity contribution in [3.8, 4) is 0 Å². The standard InChI is InChI=1S/C12H17Cl3O6/c1-7(16)2-3-10(17)21-8-4-5-19-9(8)6-20-11(18)12(13,14)15/h8-9,11,18H,2-6H2,1H3/t8?,9-,11?/m1/s1/i5T/t5?,8?,9-,11?. The van der Waals surface area contributed by atoms with Crippen molar-refractivity contribution in [3.63, 3.8) is 0 Å². The van der Waals surface area contributed by atoms with Crippen LogP contribution in [0.3, 0.4) is 0 Å². The lowest BCUT2D eigenvalue weighted by atomic mass is 10.2. The number of halogens is 3.